The minimum absolute atomic E-state index is 0.300. The molecule has 0 aliphatic carbocycles. The van der Waals surface area contributed by atoms with Gasteiger partial charge in [-0.25, -0.2) is 9.37 Å². The van der Waals surface area contributed by atoms with E-state index < -0.39 is 0 Å². The van der Waals surface area contributed by atoms with Crippen LogP contribution in [0.15, 0.2) is 42.6 Å². The Bertz CT molecular complexity index is 604. The molecule has 0 radical (unpaired) electrons. The van der Waals surface area contributed by atoms with E-state index in [2.05, 4.69) is 14.8 Å². The van der Waals surface area contributed by atoms with Crippen LogP contribution in [0.3, 0.4) is 0 Å². The summed E-state index contributed by atoms with van der Waals surface area (Å²) in [5.41, 5.74) is 0.898. The summed E-state index contributed by atoms with van der Waals surface area (Å²) < 4.78 is 19.3. The Balaban J connectivity index is 2.15. The molecule has 0 atom stereocenters. The van der Waals surface area contributed by atoms with Crippen LogP contribution in [-0.2, 0) is 6.54 Å². The van der Waals surface area contributed by atoms with E-state index in [0.29, 0.717) is 18.9 Å². The molecule has 0 saturated heterocycles. The predicted molar refractivity (Wildman–Crippen MR) is 91.4 cm³/mol. The molecule has 4 nitrogen and oxygen atoms in total. The molecule has 0 bridgehead atoms. The molecule has 23 heavy (non-hydrogen) atoms. The van der Waals surface area contributed by atoms with Crippen LogP contribution in [0, 0.1) is 5.82 Å². The van der Waals surface area contributed by atoms with E-state index in [9.17, 15) is 4.39 Å². The number of aromatic nitrogens is 1. The van der Waals surface area contributed by atoms with Crippen molar-refractivity contribution in [2.24, 2.45) is 0 Å². The normalized spacial score (nSPS) is 10.8. The van der Waals surface area contributed by atoms with E-state index >= 15 is 0 Å². The molecule has 0 saturated carbocycles. The first-order valence-electron chi connectivity index (χ1n) is 7.82. The van der Waals surface area contributed by atoms with Crippen LogP contribution in [-0.4, -0.2) is 43.7 Å². The van der Waals surface area contributed by atoms with Crippen molar-refractivity contribution in [3.8, 4) is 5.75 Å². The monoisotopic (exact) mass is 317 g/mol. The van der Waals surface area contributed by atoms with Crippen LogP contribution in [0.1, 0.15) is 12.5 Å². The number of hydrogen-bond donors (Lipinski definition) is 0. The Morgan fingerprint density at radius 1 is 1.13 bits per heavy atom. The van der Waals surface area contributed by atoms with Gasteiger partial charge in [-0.15, -0.1) is 0 Å². The standard InChI is InChI=1S/C18H24FN3O/c1-4-23-17-9-8-15(13-16(17)19)14-22(12-11-21(2)3)18-7-5-6-10-20-18/h5-10,13H,4,11-12,14H2,1-3H3. The quantitative estimate of drug-likeness (QED) is 0.747. The number of hydrogen-bond acceptors (Lipinski definition) is 4. The number of pyridine rings is 1. The van der Waals surface area contributed by atoms with Gasteiger partial charge in [0.15, 0.2) is 11.6 Å². The molecule has 0 aliphatic heterocycles. The van der Waals surface area contributed by atoms with Gasteiger partial charge in [0.1, 0.15) is 5.82 Å². The fourth-order valence-electron chi connectivity index (χ4n) is 2.27. The molecular weight excluding hydrogens is 293 g/mol. The maximum atomic E-state index is 14.0. The molecule has 124 valence electrons. The first-order chi connectivity index (χ1) is 11.1. The van der Waals surface area contributed by atoms with Crippen molar-refractivity contribution >= 4 is 5.82 Å². The molecular formula is C18H24FN3O. The first-order valence-corrected chi connectivity index (χ1v) is 7.82. The van der Waals surface area contributed by atoms with Gasteiger partial charge in [-0.05, 0) is 50.8 Å². The smallest absolute Gasteiger partial charge is 0.165 e. The lowest BCUT2D eigenvalue weighted by Crippen LogP contribution is -2.31. The lowest BCUT2D eigenvalue weighted by Gasteiger charge is -2.25. The van der Waals surface area contributed by atoms with Crippen LogP contribution < -0.4 is 9.64 Å². The van der Waals surface area contributed by atoms with E-state index in [4.69, 9.17) is 4.74 Å². The van der Waals surface area contributed by atoms with Crippen molar-refractivity contribution in [3.05, 3.63) is 54.0 Å². The first kappa shape index (κ1) is 17.2. The Hall–Kier alpha value is -2.14. The van der Waals surface area contributed by atoms with Gasteiger partial charge in [0, 0.05) is 25.8 Å². The Kier molecular flexibility index (Phi) is 6.35. The highest BCUT2D eigenvalue weighted by Gasteiger charge is 2.11. The summed E-state index contributed by atoms with van der Waals surface area (Å²) >= 11 is 0. The molecule has 0 spiro atoms. The molecule has 2 aromatic rings. The second kappa shape index (κ2) is 8.48. The number of rotatable bonds is 8. The third-order valence-corrected chi connectivity index (χ3v) is 3.46. The van der Waals surface area contributed by atoms with Crippen molar-refractivity contribution in [1.82, 2.24) is 9.88 Å². The zero-order valence-electron chi connectivity index (χ0n) is 14.0. The Labute approximate surface area is 137 Å². The number of nitrogens with zero attached hydrogens (tertiary/aromatic N) is 3. The summed E-state index contributed by atoms with van der Waals surface area (Å²) in [6.45, 7) is 4.62. The molecule has 1 aromatic carbocycles. The van der Waals surface area contributed by atoms with Gasteiger partial charge < -0.3 is 14.5 Å². The maximum Gasteiger partial charge on any atom is 0.165 e. The highest BCUT2D eigenvalue weighted by atomic mass is 19.1. The van der Waals surface area contributed by atoms with Gasteiger partial charge in [0.25, 0.3) is 0 Å². The molecule has 2 rings (SSSR count). The van der Waals surface area contributed by atoms with Crippen LogP contribution in [0.5, 0.6) is 5.75 Å². The number of benzene rings is 1. The zero-order chi connectivity index (χ0) is 16.7. The third-order valence-electron chi connectivity index (χ3n) is 3.46. The lowest BCUT2D eigenvalue weighted by molar-refractivity contribution is 0.321. The fourth-order valence-corrected chi connectivity index (χ4v) is 2.27. The average molecular weight is 317 g/mol. The van der Waals surface area contributed by atoms with Crippen LogP contribution in [0.25, 0.3) is 0 Å². The summed E-state index contributed by atoms with van der Waals surface area (Å²) in [6.07, 6.45) is 1.77. The second-order valence-corrected chi connectivity index (χ2v) is 5.61. The molecule has 0 aliphatic rings. The summed E-state index contributed by atoms with van der Waals surface area (Å²) in [5, 5.41) is 0. The van der Waals surface area contributed by atoms with Gasteiger partial charge in [0.05, 0.1) is 6.61 Å². The van der Waals surface area contributed by atoms with Gasteiger partial charge in [0.2, 0.25) is 0 Å². The predicted octanol–water partition coefficient (Wildman–Crippen LogP) is 3.19. The van der Waals surface area contributed by atoms with Crippen molar-refractivity contribution in [3.63, 3.8) is 0 Å². The van der Waals surface area contributed by atoms with E-state index in [0.717, 1.165) is 24.5 Å². The zero-order valence-corrected chi connectivity index (χ0v) is 14.0. The number of halogens is 1. The highest BCUT2D eigenvalue weighted by molar-refractivity contribution is 5.40. The Morgan fingerprint density at radius 3 is 2.57 bits per heavy atom. The summed E-state index contributed by atoms with van der Waals surface area (Å²) in [6, 6.07) is 11.0. The number of ether oxygens (including phenoxy) is 1. The summed E-state index contributed by atoms with van der Waals surface area (Å²) in [7, 11) is 4.07. The average Bonchev–Trinajstić information content (AvgIpc) is 2.54. The van der Waals surface area contributed by atoms with Crippen LogP contribution in [0.4, 0.5) is 10.2 Å². The van der Waals surface area contributed by atoms with Gasteiger partial charge >= 0.3 is 0 Å². The Morgan fingerprint density at radius 2 is 1.96 bits per heavy atom. The van der Waals surface area contributed by atoms with Crippen molar-refractivity contribution in [2.45, 2.75) is 13.5 Å². The molecule has 0 amide bonds. The minimum Gasteiger partial charge on any atom is -0.491 e. The maximum absolute atomic E-state index is 14.0. The SMILES string of the molecule is CCOc1ccc(CN(CCN(C)C)c2ccccn2)cc1F. The van der Waals surface area contributed by atoms with Gasteiger partial charge in [-0.3, -0.25) is 0 Å². The van der Waals surface area contributed by atoms with Crippen molar-refractivity contribution in [2.75, 3.05) is 38.7 Å². The van der Waals surface area contributed by atoms with Gasteiger partial charge in [-0.2, -0.15) is 0 Å². The van der Waals surface area contributed by atoms with Crippen molar-refractivity contribution < 1.29 is 9.13 Å². The molecule has 1 aromatic heterocycles. The van der Waals surface area contributed by atoms with E-state index in [1.165, 1.54) is 6.07 Å². The molecule has 1 heterocycles. The van der Waals surface area contributed by atoms with Crippen LogP contribution >= 0.6 is 0 Å². The molecule has 0 unspecified atom stereocenters. The second-order valence-electron chi connectivity index (χ2n) is 5.61. The lowest BCUT2D eigenvalue weighted by atomic mass is 10.2. The van der Waals surface area contributed by atoms with E-state index in [-0.39, 0.29) is 5.82 Å². The highest BCUT2D eigenvalue weighted by Crippen LogP contribution is 2.21. The number of anilines is 1. The molecule has 0 fully saturated rings. The fraction of sp³-hybridized carbons (Fsp3) is 0.389. The molecule has 5 heteroatoms. The largest absolute Gasteiger partial charge is 0.491 e. The van der Waals surface area contributed by atoms with E-state index in [1.54, 1.807) is 12.3 Å². The third kappa shape index (κ3) is 5.21. The van der Waals surface area contributed by atoms with Crippen molar-refractivity contribution in [1.29, 1.82) is 0 Å². The summed E-state index contributed by atoms with van der Waals surface area (Å²) in [5.74, 6) is 0.871. The number of likely N-dealkylation sites (N-methyl/N-ethyl adjacent to an activating group) is 1. The molecule has 0 N–H and O–H groups in total. The van der Waals surface area contributed by atoms with E-state index in [1.807, 2.05) is 45.3 Å². The topological polar surface area (TPSA) is 28.6 Å². The van der Waals surface area contributed by atoms with Crippen LogP contribution in [0.2, 0.25) is 0 Å². The van der Waals surface area contributed by atoms with Gasteiger partial charge in [-0.1, -0.05) is 12.1 Å². The summed E-state index contributed by atoms with van der Waals surface area (Å²) in [4.78, 5) is 8.68. The minimum atomic E-state index is -0.321.